The minimum Gasteiger partial charge on any atom is -0.494 e. The Hall–Kier alpha value is -4.38. The highest BCUT2D eigenvalue weighted by atomic mass is 16.5. The second-order valence-electron chi connectivity index (χ2n) is 11.5. The van der Waals surface area contributed by atoms with Crippen molar-refractivity contribution in [3.8, 4) is 16.9 Å². The van der Waals surface area contributed by atoms with Gasteiger partial charge >= 0.3 is 0 Å². The maximum absolute atomic E-state index is 12.5. The van der Waals surface area contributed by atoms with Gasteiger partial charge in [0.15, 0.2) is 0 Å². The van der Waals surface area contributed by atoms with Crippen molar-refractivity contribution < 1.29 is 9.53 Å². The number of hydrogen-bond acceptors (Lipinski definition) is 3. The number of aryl methyl sites for hydroxylation is 2. The molecule has 4 aromatic carbocycles. The summed E-state index contributed by atoms with van der Waals surface area (Å²) in [5.41, 5.74) is 6.94. The fourth-order valence-corrected chi connectivity index (χ4v) is 5.43. The lowest BCUT2D eigenvalue weighted by Gasteiger charge is -2.11. The third-order valence-corrected chi connectivity index (χ3v) is 7.90. The third-order valence-electron chi connectivity index (χ3n) is 7.90. The first-order valence-electron chi connectivity index (χ1n) is 15.6. The lowest BCUT2D eigenvalue weighted by Crippen LogP contribution is -2.26. The molecule has 43 heavy (non-hydrogen) atoms. The lowest BCUT2D eigenvalue weighted by molar-refractivity contribution is -0.120. The summed E-state index contributed by atoms with van der Waals surface area (Å²) in [6, 6.07) is 35.4. The van der Waals surface area contributed by atoms with Crippen molar-refractivity contribution in [3.05, 3.63) is 120 Å². The molecule has 1 heterocycles. The first kappa shape index (κ1) is 30.1. The second-order valence-corrected chi connectivity index (χ2v) is 11.5. The van der Waals surface area contributed by atoms with Crippen molar-refractivity contribution in [1.29, 1.82) is 0 Å². The monoisotopic (exact) mass is 573 g/mol. The highest BCUT2D eigenvalue weighted by molar-refractivity contribution is 5.79. The maximum Gasteiger partial charge on any atom is 0.224 e. The zero-order valence-corrected chi connectivity index (χ0v) is 25.5. The molecule has 222 valence electrons. The van der Waals surface area contributed by atoms with E-state index in [1.165, 1.54) is 22.2 Å². The number of ether oxygens (including phenoxy) is 1. The van der Waals surface area contributed by atoms with Crippen molar-refractivity contribution in [1.82, 2.24) is 14.9 Å². The molecule has 1 aromatic heterocycles. The summed E-state index contributed by atoms with van der Waals surface area (Å²) in [5, 5.41) is 3.09. The highest BCUT2D eigenvalue weighted by Gasteiger charge is 2.11. The van der Waals surface area contributed by atoms with Crippen LogP contribution in [0.3, 0.4) is 0 Å². The van der Waals surface area contributed by atoms with Crippen molar-refractivity contribution in [2.45, 2.75) is 64.8 Å². The number of carbonyl (C=O) groups excluding carboxylic acids is 1. The number of benzene rings is 4. The molecule has 0 fully saturated rings. The summed E-state index contributed by atoms with van der Waals surface area (Å²) in [4.78, 5) is 17.4. The summed E-state index contributed by atoms with van der Waals surface area (Å²) in [7, 11) is 0. The smallest absolute Gasteiger partial charge is 0.224 e. The Bertz CT molecular complexity index is 1570. The Kier molecular flexibility index (Phi) is 10.6. The number of aromatic nitrogens is 2. The van der Waals surface area contributed by atoms with Gasteiger partial charge in [-0.15, -0.1) is 0 Å². The van der Waals surface area contributed by atoms with E-state index in [1.807, 2.05) is 36.4 Å². The van der Waals surface area contributed by atoms with Crippen molar-refractivity contribution >= 4 is 16.9 Å². The molecule has 0 aliphatic carbocycles. The van der Waals surface area contributed by atoms with Crippen LogP contribution in [0.25, 0.3) is 22.2 Å². The quantitative estimate of drug-likeness (QED) is 0.128. The average Bonchev–Trinajstić information content (AvgIpc) is 3.39. The molecule has 0 atom stereocenters. The molecule has 0 aliphatic heterocycles. The fraction of sp³-hybridized carbons (Fsp3) is 0.316. The molecule has 1 N–H and O–H groups in total. The van der Waals surface area contributed by atoms with Crippen LogP contribution in [0.1, 0.15) is 62.4 Å². The van der Waals surface area contributed by atoms with Gasteiger partial charge in [-0.2, -0.15) is 0 Å². The highest BCUT2D eigenvalue weighted by Crippen LogP contribution is 2.21. The van der Waals surface area contributed by atoms with Gasteiger partial charge in [0.1, 0.15) is 11.6 Å². The first-order chi connectivity index (χ1) is 21.1. The molecular weight excluding hydrogens is 530 g/mol. The number of hydrogen-bond donors (Lipinski definition) is 1. The van der Waals surface area contributed by atoms with Crippen LogP contribution in [0.4, 0.5) is 0 Å². The molecule has 5 heteroatoms. The molecule has 0 bridgehead atoms. The minimum absolute atomic E-state index is 0.0762. The van der Waals surface area contributed by atoms with Crippen molar-refractivity contribution in [2.75, 3.05) is 13.2 Å². The van der Waals surface area contributed by atoms with E-state index >= 15 is 0 Å². The van der Waals surface area contributed by atoms with Crippen LogP contribution in [-0.4, -0.2) is 28.6 Å². The molecule has 0 aliphatic rings. The van der Waals surface area contributed by atoms with E-state index in [0.29, 0.717) is 25.5 Å². The van der Waals surface area contributed by atoms with E-state index in [-0.39, 0.29) is 5.91 Å². The van der Waals surface area contributed by atoms with E-state index < -0.39 is 0 Å². The van der Waals surface area contributed by atoms with Gasteiger partial charge in [-0.25, -0.2) is 4.98 Å². The molecule has 0 saturated carbocycles. The average molecular weight is 574 g/mol. The Morgan fingerprint density at radius 1 is 0.791 bits per heavy atom. The van der Waals surface area contributed by atoms with E-state index in [2.05, 4.69) is 90.5 Å². The zero-order chi connectivity index (χ0) is 29.9. The molecule has 0 radical (unpaired) electrons. The summed E-state index contributed by atoms with van der Waals surface area (Å²) in [6.45, 7) is 6.66. The molecule has 5 aromatic rings. The van der Waals surface area contributed by atoms with Crippen LogP contribution in [0.2, 0.25) is 0 Å². The number of unbranched alkanes of at least 4 members (excludes halogenated alkanes) is 2. The fourth-order valence-electron chi connectivity index (χ4n) is 5.43. The Labute approximate surface area is 255 Å². The van der Waals surface area contributed by atoms with E-state index in [1.54, 1.807) is 0 Å². The molecule has 0 saturated heterocycles. The topological polar surface area (TPSA) is 56.1 Å². The minimum atomic E-state index is 0.0762. The first-order valence-corrected chi connectivity index (χ1v) is 15.6. The lowest BCUT2D eigenvalue weighted by atomic mass is 10.0. The van der Waals surface area contributed by atoms with Crippen LogP contribution >= 0.6 is 0 Å². The molecular formula is C38H43N3O2. The summed E-state index contributed by atoms with van der Waals surface area (Å²) >= 11 is 0. The number of nitrogens with one attached hydrogen (secondary N) is 1. The van der Waals surface area contributed by atoms with Crippen LogP contribution in [0, 0.1) is 0 Å². The normalized spacial score (nSPS) is 11.2. The molecule has 0 unspecified atom stereocenters. The standard InChI is InChI=1S/C38H43N3O2/c1-29(2)31-21-23-34(24-22-31)43-27-11-26-41-36-15-9-8-14-35(36)40-37(41)16-7-4-10-25-39-38(42)28-30-17-19-33(20-18-30)32-12-5-3-6-13-32/h3,5-6,8-9,12-15,17-24,29H,4,7,10-11,16,25-28H2,1-2H3,(H,39,42). The van der Waals surface area contributed by atoms with Crippen molar-refractivity contribution in [3.63, 3.8) is 0 Å². The van der Waals surface area contributed by atoms with Crippen LogP contribution in [0.15, 0.2) is 103 Å². The predicted octanol–water partition coefficient (Wildman–Crippen LogP) is 8.37. The summed E-state index contributed by atoms with van der Waals surface area (Å²) in [6.07, 6.45) is 5.30. The van der Waals surface area contributed by atoms with Crippen LogP contribution < -0.4 is 10.1 Å². The van der Waals surface area contributed by atoms with Gasteiger partial charge in [-0.1, -0.05) is 99.1 Å². The van der Waals surface area contributed by atoms with E-state index in [0.717, 1.165) is 61.3 Å². The number of amides is 1. The van der Waals surface area contributed by atoms with Gasteiger partial charge in [0.25, 0.3) is 0 Å². The Balaban J connectivity index is 1.03. The molecule has 0 spiro atoms. The molecule has 5 rings (SSSR count). The van der Waals surface area contributed by atoms with Gasteiger partial charge in [0.05, 0.1) is 24.1 Å². The maximum atomic E-state index is 12.5. The van der Waals surface area contributed by atoms with E-state index in [4.69, 9.17) is 9.72 Å². The second kappa shape index (κ2) is 15.2. The summed E-state index contributed by atoms with van der Waals surface area (Å²) in [5.74, 6) is 2.65. The van der Waals surface area contributed by atoms with Crippen LogP contribution in [0.5, 0.6) is 5.75 Å². The SMILES string of the molecule is CC(C)c1ccc(OCCCn2c(CCCCCNC(=O)Cc3ccc(-c4ccccc4)cc3)nc3ccccc32)cc1. The van der Waals surface area contributed by atoms with Gasteiger partial charge in [-0.3, -0.25) is 4.79 Å². The summed E-state index contributed by atoms with van der Waals surface area (Å²) < 4.78 is 8.38. The number of carbonyl (C=O) groups is 1. The third kappa shape index (κ3) is 8.57. The number of nitrogens with zero attached hydrogens (tertiary/aromatic N) is 2. The van der Waals surface area contributed by atoms with Gasteiger partial charge in [0.2, 0.25) is 5.91 Å². The largest absolute Gasteiger partial charge is 0.494 e. The Morgan fingerprint density at radius 3 is 2.28 bits per heavy atom. The number of rotatable bonds is 15. The number of para-hydroxylation sites is 2. The molecule has 5 nitrogen and oxygen atoms in total. The van der Waals surface area contributed by atoms with Gasteiger partial charge < -0.3 is 14.6 Å². The van der Waals surface area contributed by atoms with Crippen LogP contribution in [-0.2, 0) is 24.2 Å². The zero-order valence-electron chi connectivity index (χ0n) is 25.5. The molecule has 1 amide bonds. The number of imidazole rings is 1. The van der Waals surface area contributed by atoms with E-state index in [9.17, 15) is 4.79 Å². The Morgan fingerprint density at radius 2 is 1.51 bits per heavy atom. The van der Waals surface area contributed by atoms with Gasteiger partial charge in [-0.05, 0) is 71.7 Å². The van der Waals surface area contributed by atoms with Crippen molar-refractivity contribution in [2.24, 2.45) is 0 Å². The van der Waals surface area contributed by atoms with Gasteiger partial charge in [0, 0.05) is 19.5 Å². The predicted molar refractivity (Wildman–Crippen MR) is 177 cm³/mol. The number of fused-ring (bicyclic) bond motifs is 1.